The van der Waals surface area contributed by atoms with Gasteiger partial charge in [0, 0.05) is 49.9 Å². The number of nitrogens with one attached hydrogen (secondary N) is 2. The molecular weight excluding hydrogens is 541 g/mol. The highest BCUT2D eigenvalue weighted by atomic mass is 127. The third kappa shape index (κ3) is 10.3. The van der Waals surface area contributed by atoms with Crippen molar-refractivity contribution in [2.75, 3.05) is 46.9 Å². The standard InChI is InChI=1S/C22H35N5O3S.HI/c1-5-30-22(29)27-13-11-18(12-14-27)25-21(24-16-20(28)26(3)4)23-15-17(2)31-19-9-7-6-8-10-19;/h6-10,17-18H,5,11-16H2,1-4H3,(H2,23,24,25);1H. The zero-order chi connectivity index (χ0) is 22.6. The quantitative estimate of drug-likeness (QED) is 0.214. The fraction of sp³-hybridized carbons (Fsp3) is 0.591. The highest BCUT2D eigenvalue weighted by Crippen LogP contribution is 2.22. The predicted molar refractivity (Wildman–Crippen MR) is 141 cm³/mol. The van der Waals surface area contributed by atoms with E-state index in [2.05, 4.69) is 34.7 Å². The van der Waals surface area contributed by atoms with Crippen LogP contribution in [0, 0.1) is 0 Å². The number of benzene rings is 1. The molecule has 0 radical (unpaired) electrons. The molecule has 0 bridgehead atoms. The lowest BCUT2D eigenvalue weighted by Gasteiger charge is -2.32. The molecule has 32 heavy (non-hydrogen) atoms. The average Bonchev–Trinajstić information content (AvgIpc) is 2.76. The van der Waals surface area contributed by atoms with Crippen molar-refractivity contribution < 1.29 is 14.3 Å². The SMILES string of the molecule is CCOC(=O)N1CCC(NC(=NCC(=O)N(C)C)NCC(C)Sc2ccccc2)CC1.I. The molecule has 0 spiro atoms. The molecule has 1 aliphatic rings. The molecule has 1 fully saturated rings. The number of halogens is 1. The van der Waals surface area contributed by atoms with E-state index in [1.165, 1.54) is 9.80 Å². The second-order valence-electron chi connectivity index (χ2n) is 7.68. The molecule has 8 nitrogen and oxygen atoms in total. The number of thioether (sulfide) groups is 1. The van der Waals surface area contributed by atoms with Gasteiger partial charge in [-0.15, -0.1) is 35.7 Å². The van der Waals surface area contributed by atoms with Gasteiger partial charge in [0.15, 0.2) is 5.96 Å². The first-order valence-corrected chi connectivity index (χ1v) is 11.7. The Morgan fingerprint density at radius 3 is 2.50 bits per heavy atom. The van der Waals surface area contributed by atoms with Crippen LogP contribution in [0.2, 0.25) is 0 Å². The first-order valence-electron chi connectivity index (χ1n) is 10.8. The normalized spacial score (nSPS) is 15.4. The zero-order valence-electron chi connectivity index (χ0n) is 19.4. The maximum absolute atomic E-state index is 12.0. The summed E-state index contributed by atoms with van der Waals surface area (Å²) in [6.45, 7) is 6.43. The summed E-state index contributed by atoms with van der Waals surface area (Å²) in [6, 6.07) is 10.5. The van der Waals surface area contributed by atoms with Crippen LogP contribution < -0.4 is 10.6 Å². The Labute approximate surface area is 212 Å². The van der Waals surface area contributed by atoms with Crippen LogP contribution in [-0.2, 0) is 9.53 Å². The topological polar surface area (TPSA) is 86.3 Å². The summed E-state index contributed by atoms with van der Waals surface area (Å²) in [5.41, 5.74) is 0. The number of hydrogen-bond acceptors (Lipinski definition) is 5. The van der Waals surface area contributed by atoms with E-state index in [0.717, 1.165) is 12.8 Å². The Hall–Kier alpha value is -1.69. The third-order valence-electron chi connectivity index (χ3n) is 4.87. The van der Waals surface area contributed by atoms with E-state index in [0.29, 0.717) is 37.5 Å². The molecular formula is C22H36IN5O3S. The highest BCUT2D eigenvalue weighted by Gasteiger charge is 2.24. The number of carbonyl (C=O) groups excluding carboxylic acids is 2. The molecule has 1 aromatic rings. The summed E-state index contributed by atoms with van der Waals surface area (Å²) in [6.07, 6.45) is 1.35. The van der Waals surface area contributed by atoms with E-state index >= 15 is 0 Å². The third-order valence-corrected chi connectivity index (χ3v) is 5.98. The van der Waals surface area contributed by atoms with E-state index < -0.39 is 0 Å². The van der Waals surface area contributed by atoms with Crippen molar-refractivity contribution >= 4 is 53.7 Å². The van der Waals surface area contributed by atoms with Crippen molar-refractivity contribution in [3.8, 4) is 0 Å². The van der Waals surface area contributed by atoms with E-state index in [9.17, 15) is 9.59 Å². The van der Waals surface area contributed by atoms with Crippen LogP contribution >= 0.6 is 35.7 Å². The van der Waals surface area contributed by atoms with Gasteiger partial charge >= 0.3 is 6.09 Å². The molecule has 0 saturated carbocycles. The largest absolute Gasteiger partial charge is 0.450 e. The van der Waals surface area contributed by atoms with Gasteiger partial charge in [-0.1, -0.05) is 25.1 Å². The number of rotatable bonds is 8. The van der Waals surface area contributed by atoms with Crippen molar-refractivity contribution in [2.45, 2.75) is 42.9 Å². The Balaban J connectivity index is 0.00000512. The van der Waals surface area contributed by atoms with Gasteiger partial charge in [-0.2, -0.15) is 0 Å². The lowest BCUT2D eigenvalue weighted by atomic mass is 10.1. The highest BCUT2D eigenvalue weighted by molar-refractivity contribution is 14.0. The van der Waals surface area contributed by atoms with Crippen LogP contribution in [0.5, 0.6) is 0 Å². The Bertz CT molecular complexity index is 728. The molecule has 1 heterocycles. The molecule has 1 aromatic carbocycles. The van der Waals surface area contributed by atoms with Crippen molar-refractivity contribution in [2.24, 2.45) is 4.99 Å². The molecule has 1 aliphatic heterocycles. The fourth-order valence-corrected chi connectivity index (χ4v) is 4.01. The van der Waals surface area contributed by atoms with Gasteiger partial charge in [0.1, 0.15) is 6.54 Å². The van der Waals surface area contributed by atoms with Crippen LogP contribution in [0.15, 0.2) is 40.2 Å². The predicted octanol–water partition coefficient (Wildman–Crippen LogP) is 3.03. The summed E-state index contributed by atoms with van der Waals surface area (Å²) in [7, 11) is 3.45. The summed E-state index contributed by atoms with van der Waals surface area (Å²) >= 11 is 1.79. The number of likely N-dealkylation sites (tertiary alicyclic amines) is 1. The number of aliphatic imine (C=N–C) groups is 1. The molecule has 2 rings (SSSR count). The number of nitrogens with zero attached hydrogens (tertiary/aromatic N) is 3. The average molecular weight is 578 g/mol. The van der Waals surface area contributed by atoms with E-state index in [-0.39, 0.29) is 48.6 Å². The Morgan fingerprint density at radius 1 is 1.25 bits per heavy atom. The van der Waals surface area contributed by atoms with Crippen LogP contribution in [0.3, 0.4) is 0 Å². The minimum Gasteiger partial charge on any atom is -0.450 e. The lowest BCUT2D eigenvalue weighted by Crippen LogP contribution is -2.50. The van der Waals surface area contributed by atoms with Crippen molar-refractivity contribution in [3.05, 3.63) is 30.3 Å². The summed E-state index contributed by atoms with van der Waals surface area (Å²) < 4.78 is 5.08. The molecule has 2 N–H and O–H groups in total. The van der Waals surface area contributed by atoms with Gasteiger partial charge in [0.05, 0.1) is 6.61 Å². The minimum absolute atomic E-state index is 0. The molecule has 0 aromatic heterocycles. The summed E-state index contributed by atoms with van der Waals surface area (Å²) in [4.78, 5) is 32.9. The maximum atomic E-state index is 12.0. The van der Waals surface area contributed by atoms with Gasteiger partial charge in [-0.05, 0) is 31.9 Å². The number of likely N-dealkylation sites (N-methyl/N-ethyl adjacent to an activating group) is 1. The van der Waals surface area contributed by atoms with Crippen LogP contribution in [0.1, 0.15) is 26.7 Å². The molecule has 180 valence electrons. The van der Waals surface area contributed by atoms with E-state index in [4.69, 9.17) is 4.74 Å². The number of amides is 2. The van der Waals surface area contributed by atoms with Gasteiger partial charge in [0.25, 0.3) is 0 Å². The van der Waals surface area contributed by atoms with Gasteiger partial charge in [0.2, 0.25) is 5.91 Å². The molecule has 0 aliphatic carbocycles. The maximum Gasteiger partial charge on any atom is 0.409 e. The second kappa shape index (κ2) is 15.2. The van der Waals surface area contributed by atoms with Crippen molar-refractivity contribution in [1.82, 2.24) is 20.4 Å². The van der Waals surface area contributed by atoms with Crippen molar-refractivity contribution in [3.63, 3.8) is 0 Å². The van der Waals surface area contributed by atoms with E-state index in [1.54, 1.807) is 30.8 Å². The first-order chi connectivity index (χ1) is 14.9. The first kappa shape index (κ1) is 28.3. The molecule has 1 saturated heterocycles. The zero-order valence-corrected chi connectivity index (χ0v) is 22.5. The minimum atomic E-state index is -0.253. The van der Waals surface area contributed by atoms with Gasteiger partial charge < -0.3 is 25.2 Å². The number of guanidine groups is 1. The van der Waals surface area contributed by atoms with Crippen LogP contribution in [0.4, 0.5) is 4.79 Å². The van der Waals surface area contributed by atoms with Crippen LogP contribution in [0.25, 0.3) is 0 Å². The van der Waals surface area contributed by atoms with Crippen molar-refractivity contribution in [1.29, 1.82) is 0 Å². The van der Waals surface area contributed by atoms with Gasteiger partial charge in [-0.3, -0.25) is 4.79 Å². The lowest BCUT2D eigenvalue weighted by molar-refractivity contribution is -0.127. The smallest absolute Gasteiger partial charge is 0.409 e. The Kier molecular flexibility index (Phi) is 13.5. The molecule has 10 heteroatoms. The summed E-state index contributed by atoms with van der Waals surface area (Å²) in [5, 5.41) is 7.14. The number of ether oxygens (including phenoxy) is 1. The monoisotopic (exact) mass is 577 g/mol. The second-order valence-corrected chi connectivity index (χ2v) is 9.19. The molecule has 1 atom stereocenters. The molecule has 1 unspecified atom stereocenters. The van der Waals surface area contributed by atoms with E-state index in [1.807, 2.05) is 25.1 Å². The number of carbonyl (C=O) groups is 2. The van der Waals surface area contributed by atoms with Crippen LogP contribution in [-0.4, -0.2) is 85.9 Å². The summed E-state index contributed by atoms with van der Waals surface area (Å²) in [5.74, 6) is 0.579. The number of piperidine rings is 1. The Morgan fingerprint density at radius 2 is 1.91 bits per heavy atom. The molecule has 2 amide bonds. The fourth-order valence-electron chi connectivity index (χ4n) is 3.07. The van der Waals surface area contributed by atoms with Gasteiger partial charge in [-0.25, -0.2) is 9.79 Å². The number of hydrogen-bond donors (Lipinski definition) is 2.